The summed E-state index contributed by atoms with van der Waals surface area (Å²) in [5, 5.41) is 6.81. The Hall–Kier alpha value is -0.790. The molecule has 1 aliphatic carbocycles. The summed E-state index contributed by atoms with van der Waals surface area (Å²) in [6.07, 6.45) is 12.4. The van der Waals surface area contributed by atoms with Gasteiger partial charge in [0.25, 0.3) is 0 Å². The van der Waals surface area contributed by atoms with Gasteiger partial charge in [-0.15, -0.1) is 24.0 Å². The Bertz CT molecular complexity index is 464. The Morgan fingerprint density at radius 1 is 1.29 bits per heavy atom. The highest BCUT2D eigenvalue weighted by molar-refractivity contribution is 14.0. The molecule has 0 unspecified atom stereocenters. The van der Waals surface area contributed by atoms with Crippen LogP contribution in [0.15, 0.2) is 23.7 Å². The molecule has 0 saturated heterocycles. The van der Waals surface area contributed by atoms with Gasteiger partial charge < -0.3 is 15.2 Å². The van der Waals surface area contributed by atoms with E-state index < -0.39 is 0 Å². The molecule has 0 spiro atoms. The van der Waals surface area contributed by atoms with E-state index in [9.17, 15) is 0 Å². The molecule has 0 radical (unpaired) electrons. The van der Waals surface area contributed by atoms with E-state index in [0.717, 1.165) is 38.1 Å². The Morgan fingerprint density at radius 3 is 2.62 bits per heavy atom. The van der Waals surface area contributed by atoms with E-state index in [4.69, 9.17) is 4.99 Å². The minimum absolute atomic E-state index is 0. The first kappa shape index (κ1) is 21.3. The summed E-state index contributed by atoms with van der Waals surface area (Å²) in [7, 11) is 0. The van der Waals surface area contributed by atoms with Crippen LogP contribution in [0.4, 0.5) is 0 Å². The van der Waals surface area contributed by atoms with Gasteiger partial charge in [-0.05, 0) is 37.5 Å². The number of hydrogen-bond acceptors (Lipinski definition) is 2. The van der Waals surface area contributed by atoms with Crippen LogP contribution in [0, 0.1) is 11.3 Å². The molecule has 1 aromatic heterocycles. The Morgan fingerprint density at radius 2 is 2.04 bits per heavy atom. The number of guanidine groups is 1. The molecule has 0 atom stereocenters. The first-order valence-corrected chi connectivity index (χ1v) is 9.11. The zero-order chi connectivity index (χ0) is 16.5. The third-order valence-electron chi connectivity index (χ3n) is 4.64. The maximum Gasteiger partial charge on any atom is 0.191 e. The van der Waals surface area contributed by atoms with Gasteiger partial charge in [0.1, 0.15) is 0 Å². The summed E-state index contributed by atoms with van der Waals surface area (Å²) in [6, 6.07) is 0. The number of halogens is 1. The number of aliphatic imine (C=N–C) groups is 1. The summed E-state index contributed by atoms with van der Waals surface area (Å²) >= 11 is 0. The molecular formula is C18H34IN5. The second-order valence-corrected chi connectivity index (χ2v) is 7.23. The van der Waals surface area contributed by atoms with E-state index in [0.29, 0.717) is 5.41 Å². The van der Waals surface area contributed by atoms with Gasteiger partial charge in [0, 0.05) is 38.6 Å². The maximum absolute atomic E-state index is 4.91. The fraction of sp³-hybridized carbons (Fsp3) is 0.778. The van der Waals surface area contributed by atoms with Crippen LogP contribution < -0.4 is 10.6 Å². The van der Waals surface area contributed by atoms with Gasteiger partial charge in [0.2, 0.25) is 0 Å². The first-order valence-electron chi connectivity index (χ1n) is 9.11. The second-order valence-electron chi connectivity index (χ2n) is 7.23. The van der Waals surface area contributed by atoms with Gasteiger partial charge in [-0.2, -0.15) is 0 Å². The van der Waals surface area contributed by atoms with Crippen molar-refractivity contribution in [2.45, 2.75) is 59.4 Å². The van der Waals surface area contributed by atoms with Crippen LogP contribution >= 0.6 is 24.0 Å². The fourth-order valence-corrected chi connectivity index (χ4v) is 3.73. The summed E-state index contributed by atoms with van der Waals surface area (Å²) in [4.78, 5) is 8.98. The summed E-state index contributed by atoms with van der Waals surface area (Å²) in [5.41, 5.74) is 0.431. The number of nitrogens with one attached hydrogen (secondary N) is 2. The number of hydrogen-bond donors (Lipinski definition) is 2. The average molecular weight is 447 g/mol. The van der Waals surface area contributed by atoms with Crippen LogP contribution in [-0.2, 0) is 6.54 Å². The van der Waals surface area contributed by atoms with Crippen molar-refractivity contribution in [2.24, 2.45) is 16.3 Å². The maximum atomic E-state index is 4.91. The normalized spacial score (nSPS) is 16.9. The van der Waals surface area contributed by atoms with Crippen molar-refractivity contribution in [2.75, 3.05) is 19.6 Å². The molecule has 1 aliphatic rings. The van der Waals surface area contributed by atoms with Crippen molar-refractivity contribution in [3.63, 3.8) is 0 Å². The lowest BCUT2D eigenvalue weighted by Crippen LogP contribution is -2.39. The average Bonchev–Trinajstić information content (AvgIpc) is 3.16. The van der Waals surface area contributed by atoms with Crippen molar-refractivity contribution in [1.82, 2.24) is 20.2 Å². The third-order valence-corrected chi connectivity index (χ3v) is 4.64. The lowest BCUT2D eigenvalue weighted by Gasteiger charge is -2.29. The van der Waals surface area contributed by atoms with Crippen molar-refractivity contribution < 1.29 is 0 Å². The minimum atomic E-state index is 0. The number of imidazole rings is 1. The second kappa shape index (κ2) is 10.9. The first-order chi connectivity index (χ1) is 11.1. The zero-order valence-electron chi connectivity index (χ0n) is 15.4. The van der Waals surface area contributed by atoms with Crippen LogP contribution in [-0.4, -0.2) is 35.1 Å². The number of aromatic nitrogens is 2. The molecule has 0 amide bonds. The molecule has 138 valence electrons. The van der Waals surface area contributed by atoms with Crippen LogP contribution in [0.3, 0.4) is 0 Å². The van der Waals surface area contributed by atoms with E-state index >= 15 is 0 Å². The molecule has 2 N–H and O–H groups in total. The van der Waals surface area contributed by atoms with Crippen molar-refractivity contribution in [3.05, 3.63) is 18.7 Å². The van der Waals surface area contributed by atoms with Crippen molar-refractivity contribution in [1.29, 1.82) is 0 Å². The van der Waals surface area contributed by atoms with E-state index in [-0.39, 0.29) is 24.0 Å². The third kappa shape index (κ3) is 6.99. The van der Waals surface area contributed by atoms with Crippen molar-refractivity contribution >= 4 is 29.9 Å². The van der Waals surface area contributed by atoms with Crippen LogP contribution in [0.1, 0.15) is 52.9 Å². The lowest BCUT2D eigenvalue weighted by atomic mass is 9.78. The molecule has 0 aliphatic heterocycles. The smallest absolute Gasteiger partial charge is 0.191 e. The minimum Gasteiger partial charge on any atom is -0.357 e. The lowest BCUT2D eigenvalue weighted by molar-refractivity contribution is 0.245. The van der Waals surface area contributed by atoms with E-state index in [1.807, 2.05) is 18.7 Å². The molecule has 5 nitrogen and oxygen atoms in total. The summed E-state index contributed by atoms with van der Waals surface area (Å²) in [6.45, 7) is 10.4. The Kier molecular flexibility index (Phi) is 9.69. The molecule has 24 heavy (non-hydrogen) atoms. The molecule has 1 fully saturated rings. The van der Waals surface area contributed by atoms with Crippen LogP contribution in [0.25, 0.3) is 0 Å². The van der Waals surface area contributed by atoms with E-state index in [2.05, 4.69) is 41.0 Å². The SMILES string of the molecule is CCNC(=NCC1(CC(C)C)CCCC1)NCCn1ccnc1.I. The molecule has 0 aromatic carbocycles. The van der Waals surface area contributed by atoms with E-state index in [1.54, 1.807) is 0 Å². The molecule has 0 bridgehead atoms. The Balaban J connectivity index is 0.00000288. The highest BCUT2D eigenvalue weighted by atomic mass is 127. The zero-order valence-corrected chi connectivity index (χ0v) is 17.8. The molecular weight excluding hydrogens is 413 g/mol. The van der Waals surface area contributed by atoms with Gasteiger partial charge in [0.05, 0.1) is 6.33 Å². The van der Waals surface area contributed by atoms with Crippen LogP contribution in [0.2, 0.25) is 0 Å². The van der Waals surface area contributed by atoms with E-state index in [1.165, 1.54) is 32.1 Å². The molecule has 1 saturated carbocycles. The molecule has 1 aromatic rings. The summed E-state index contributed by atoms with van der Waals surface area (Å²) in [5.74, 6) is 1.70. The van der Waals surface area contributed by atoms with Crippen molar-refractivity contribution in [3.8, 4) is 0 Å². The number of nitrogens with zero attached hydrogens (tertiary/aromatic N) is 3. The number of rotatable bonds is 8. The van der Waals surface area contributed by atoms with Crippen LogP contribution in [0.5, 0.6) is 0 Å². The van der Waals surface area contributed by atoms with Gasteiger partial charge in [0.15, 0.2) is 5.96 Å². The van der Waals surface area contributed by atoms with Gasteiger partial charge in [-0.25, -0.2) is 4.98 Å². The van der Waals surface area contributed by atoms with Gasteiger partial charge in [-0.1, -0.05) is 26.7 Å². The molecule has 6 heteroatoms. The quantitative estimate of drug-likeness (QED) is 0.363. The standard InChI is InChI=1S/C18H33N5.HI/c1-4-20-17(21-10-12-23-11-9-19-15-23)22-14-18(13-16(2)3)7-5-6-8-18;/h9,11,15-16H,4-8,10,12-14H2,1-3H3,(H2,20,21,22);1H. The fourth-order valence-electron chi connectivity index (χ4n) is 3.73. The highest BCUT2D eigenvalue weighted by Crippen LogP contribution is 2.43. The molecule has 1 heterocycles. The largest absolute Gasteiger partial charge is 0.357 e. The van der Waals surface area contributed by atoms with Gasteiger partial charge in [-0.3, -0.25) is 4.99 Å². The predicted molar refractivity (Wildman–Crippen MR) is 112 cm³/mol. The molecule has 2 rings (SSSR count). The Labute approximate surface area is 164 Å². The summed E-state index contributed by atoms with van der Waals surface area (Å²) < 4.78 is 2.08. The predicted octanol–water partition coefficient (Wildman–Crippen LogP) is 3.66. The monoisotopic (exact) mass is 447 g/mol. The van der Waals surface area contributed by atoms with Gasteiger partial charge >= 0.3 is 0 Å². The highest BCUT2D eigenvalue weighted by Gasteiger charge is 2.34. The topological polar surface area (TPSA) is 54.2 Å².